The molecule has 1 atom stereocenters. The predicted octanol–water partition coefficient (Wildman–Crippen LogP) is 4.49. The number of hydrogen-bond acceptors (Lipinski definition) is 6. The van der Waals surface area contributed by atoms with E-state index >= 15 is 0 Å². The van der Waals surface area contributed by atoms with E-state index in [9.17, 15) is 14.0 Å². The zero-order chi connectivity index (χ0) is 23.9. The van der Waals surface area contributed by atoms with Crippen molar-refractivity contribution >= 4 is 34.1 Å². The van der Waals surface area contributed by atoms with Gasteiger partial charge in [-0.05, 0) is 31.2 Å². The minimum atomic E-state index is -1.06. The summed E-state index contributed by atoms with van der Waals surface area (Å²) in [6, 6.07) is 13.1. The molecule has 9 heteroatoms. The number of anilines is 2. The van der Waals surface area contributed by atoms with E-state index in [1.807, 2.05) is 18.2 Å². The zero-order valence-electron chi connectivity index (χ0n) is 18.4. The van der Waals surface area contributed by atoms with Crippen LogP contribution in [0.3, 0.4) is 0 Å². The average molecular weight is 460 g/mol. The topological polar surface area (TPSA) is 105 Å². The van der Waals surface area contributed by atoms with Gasteiger partial charge in [-0.2, -0.15) is 0 Å². The number of pyridine rings is 1. The molecular weight excluding hydrogens is 439 g/mol. The number of hydrogen-bond donors (Lipinski definition) is 3. The highest BCUT2D eigenvalue weighted by molar-refractivity contribution is 6.21. The first kappa shape index (κ1) is 21.6. The van der Waals surface area contributed by atoms with Gasteiger partial charge in [-0.15, -0.1) is 0 Å². The number of ketones is 1. The Morgan fingerprint density at radius 3 is 2.65 bits per heavy atom. The molecule has 1 aliphatic heterocycles. The quantitative estimate of drug-likeness (QED) is 0.366. The van der Waals surface area contributed by atoms with E-state index in [0.29, 0.717) is 28.2 Å². The molecule has 0 saturated heterocycles. The number of rotatable bonds is 6. The molecule has 1 amide bonds. The summed E-state index contributed by atoms with van der Waals surface area (Å²) in [5, 5.41) is 6.45. The summed E-state index contributed by atoms with van der Waals surface area (Å²) < 4.78 is 25.9. The number of carbonyl (C=O) groups excluding carboxylic acids is 2. The lowest BCUT2D eigenvalue weighted by Crippen LogP contribution is -2.53. The van der Waals surface area contributed by atoms with Gasteiger partial charge in [-0.25, -0.2) is 9.37 Å². The van der Waals surface area contributed by atoms with Gasteiger partial charge in [0.1, 0.15) is 28.5 Å². The van der Waals surface area contributed by atoms with Gasteiger partial charge in [0.2, 0.25) is 0 Å². The summed E-state index contributed by atoms with van der Waals surface area (Å²) in [5.74, 6) is -0.694. The number of aromatic nitrogens is 2. The van der Waals surface area contributed by atoms with Crippen molar-refractivity contribution in [2.24, 2.45) is 0 Å². The maximum Gasteiger partial charge on any atom is 0.252 e. The van der Waals surface area contributed by atoms with Crippen LogP contribution in [0.1, 0.15) is 22.8 Å². The number of para-hydroxylation sites is 1. The van der Waals surface area contributed by atoms with Gasteiger partial charge >= 0.3 is 0 Å². The van der Waals surface area contributed by atoms with E-state index in [1.165, 1.54) is 31.6 Å². The van der Waals surface area contributed by atoms with E-state index in [-0.39, 0.29) is 29.4 Å². The lowest BCUT2D eigenvalue weighted by Gasteiger charge is -2.35. The fourth-order valence-corrected chi connectivity index (χ4v) is 4.00. The molecule has 0 radical (unpaired) electrons. The highest BCUT2D eigenvalue weighted by Crippen LogP contribution is 2.39. The number of aromatic amines is 1. The van der Waals surface area contributed by atoms with Crippen molar-refractivity contribution < 1.29 is 23.5 Å². The Morgan fingerprint density at radius 1 is 1.12 bits per heavy atom. The van der Waals surface area contributed by atoms with E-state index in [0.717, 1.165) is 0 Å². The number of methoxy groups -OCH3 is 1. The molecule has 0 bridgehead atoms. The number of nitrogens with one attached hydrogen (secondary N) is 3. The van der Waals surface area contributed by atoms with Gasteiger partial charge in [0.05, 0.1) is 40.7 Å². The standard InChI is InChI=1S/C25H21FN4O4/c1-25(13-33-2)24(32)29-19-12-28-23-20(21(19)30-25)17(11-27-23)22(31)16-9-8-15(10-18(16)26)34-14-6-4-3-5-7-14/h3-12,30H,13H2,1-2H3,(H,27,28)(H,29,32)/t25-/m1/s1. The van der Waals surface area contributed by atoms with Crippen molar-refractivity contribution in [3.05, 3.63) is 77.9 Å². The second kappa shape index (κ2) is 8.27. The number of nitrogens with zero attached hydrogens (tertiary/aromatic N) is 1. The minimum absolute atomic E-state index is 0.104. The second-order valence-electron chi connectivity index (χ2n) is 8.20. The Kier molecular flexibility index (Phi) is 5.25. The van der Waals surface area contributed by atoms with Crippen LogP contribution in [0.5, 0.6) is 11.5 Å². The largest absolute Gasteiger partial charge is 0.457 e. The third kappa shape index (κ3) is 3.65. The molecular formula is C25H21FN4O4. The molecule has 172 valence electrons. The summed E-state index contributed by atoms with van der Waals surface area (Å²) in [6.45, 7) is 1.80. The van der Waals surface area contributed by atoms with Crippen molar-refractivity contribution in [2.45, 2.75) is 12.5 Å². The highest BCUT2D eigenvalue weighted by atomic mass is 19.1. The van der Waals surface area contributed by atoms with E-state index in [1.54, 1.807) is 25.1 Å². The average Bonchev–Trinajstić information content (AvgIpc) is 3.25. The van der Waals surface area contributed by atoms with Crippen LogP contribution in [0.25, 0.3) is 11.0 Å². The Morgan fingerprint density at radius 2 is 1.91 bits per heavy atom. The van der Waals surface area contributed by atoms with Crippen LogP contribution < -0.4 is 15.4 Å². The number of amides is 1. The number of ether oxygens (including phenoxy) is 2. The highest BCUT2D eigenvalue weighted by Gasteiger charge is 2.39. The van der Waals surface area contributed by atoms with Gasteiger partial charge in [0.25, 0.3) is 5.91 Å². The number of halogens is 1. The lowest BCUT2D eigenvalue weighted by molar-refractivity contribution is -0.121. The molecule has 0 saturated carbocycles. The van der Waals surface area contributed by atoms with Crippen molar-refractivity contribution in [1.29, 1.82) is 0 Å². The molecule has 2 aromatic heterocycles. The molecule has 3 N–H and O–H groups in total. The summed E-state index contributed by atoms with van der Waals surface area (Å²) in [7, 11) is 1.50. The molecule has 1 aliphatic rings. The van der Waals surface area contributed by atoms with Crippen LogP contribution >= 0.6 is 0 Å². The number of H-pyrrole nitrogens is 1. The maximum atomic E-state index is 15.0. The first-order valence-corrected chi connectivity index (χ1v) is 10.6. The van der Waals surface area contributed by atoms with Crippen LogP contribution in [0, 0.1) is 5.82 Å². The number of carbonyl (C=O) groups is 2. The summed E-state index contributed by atoms with van der Waals surface area (Å²) in [4.78, 5) is 33.2. The van der Waals surface area contributed by atoms with Crippen LogP contribution in [-0.4, -0.2) is 40.9 Å². The summed E-state index contributed by atoms with van der Waals surface area (Å²) >= 11 is 0. The number of fused-ring (bicyclic) bond motifs is 3. The smallest absolute Gasteiger partial charge is 0.252 e. The van der Waals surface area contributed by atoms with Crippen LogP contribution in [-0.2, 0) is 9.53 Å². The molecule has 0 spiro atoms. The number of benzene rings is 2. The first-order chi connectivity index (χ1) is 16.4. The molecule has 5 rings (SSSR count). The zero-order valence-corrected chi connectivity index (χ0v) is 18.4. The SMILES string of the molecule is COC[C@@]1(C)Nc2c(cnc3[nH]cc(C(=O)c4ccc(Oc5ccccc5)cc4F)c23)NC1=O. The van der Waals surface area contributed by atoms with Crippen LogP contribution in [0.2, 0.25) is 0 Å². The Balaban J connectivity index is 1.52. The van der Waals surface area contributed by atoms with Gasteiger partial charge in [0, 0.05) is 19.4 Å². The van der Waals surface area contributed by atoms with Gasteiger partial charge in [-0.1, -0.05) is 18.2 Å². The second-order valence-corrected chi connectivity index (χ2v) is 8.20. The third-order valence-corrected chi connectivity index (χ3v) is 5.69. The van der Waals surface area contributed by atoms with Crippen LogP contribution in [0.4, 0.5) is 15.8 Å². The summed E-state index contributed by atoms with van der Waals surface area (Å²) in [5.41, 5.74) is 0.409. The monoisotopic (exact) mass is 460 g/mol. The van der Waals surface area contributed by atoms with E-state index in [4.69, 9.17) is 9.47 Å². The molecule has 3 heterocycles. The molecule has 2 aromatic carbocycles. The summed E-state index contributed by atoms with van der Waals surface area (Å²) in [6.07, 6.45) is 2.98. The fraction of sp³-hybridized carbons (Fsp3) is 0.160. The Labute approximate surface area is 194 Å². The lowest BCUT2D eigenvalue weighted by atomic mass is 9.96. The predicted molar refractivity (Wildman–Crippen MR) is 125 cm³/mol. The minimum Gasteiger partial charge on any atom is -0.457 e. The molecule has 0 aliphatic carbocycles. The third-order valence-electron chi connectivity index (χ3n) is 5.69. The van der Waals surface area contributed by atoms with E-state index < -0.39 is 17.1 Å². The fourth-order valence-electron chi connectivity index (χ4n) is 4.00. The molecule has 4 aromatic rings. The Hall–Kier alpha value is -4.24. The normalized spacial score (nSPS) is 17.1. The Bertz CT molecular complexity index is 1420. The van der Waals surface area contributed by atoms with Crippen molar-refractivity contribution in [2.75, 3.05) is 24.4 Å². The van der Waals surface area contributed by atoms with Crippen molar-refractivity contribution in [3.8, 4) is 11.5 Å². The van der Waals surface area contributed by atoms with Gasteiger partial charge in [0.15, 0.2) is 5.78 Å². The van der Waals surface area contributed by atoms with Crippen LogP contribution in [0.15, 0.2) is 60.9 Å². The molecule has 34 heavy (non-hydrogen) atoms. The molecule has 0 unspecified atom stereocenters. The molecule has 0 fully saturated rings. The first-order valence-electron chi connectivity index (χ1n) is 10.6. The van der Waals surface area contributed by atoms with Crippen molar-refractivity contribution in [3.63, 3.8) is 0 Å². The maximum absolute atomic E-state index is 15.0. The van der Waals surface area contributed by atoms with Gasteiger partial charge < -0.3 is 25.1 Å². The van der Waals surface area contributed by atoms with Gasteiger partial charge in [-0.3, -0.25) is 9.59 Å². The van der Waals surface area contributed by atoms with E-state index in [2.05, 4.69) is 20.6 Å². The molecule has 8 nitrogen and oxygen atoms in total. The van der Waals surface area contributed by atoms with Crippen molar-refractivity contribution in [1.82, 2.24) is 9.97 Å².